The van der Waals surface area contributed by atoms with Crippen molar-refractivity contribution >= 4 is 23.7 Å². The number of rotatable bonds is 9. The third kappa shape index (κ3) is 9.17. The van der Waals surface area contributed by atoms with E-state index in [0.29, 0.717) is 6.42 Å². The molecule has 6 atom stereocenters. The van der Waals surface area contributed by atoms with Gasteiger partial charge in [-0.3, -0.25) is 14.4 Å². The first-order valence-electron chi connectivity index (χ1n) is 14.9. The van der Waals surface area contributed by atoms with E-state index < -0.39 is 42.0 Å². The van der Waals surface area contributed by atoms with Crippen LogP contribution < -0.4 is 16.0 Å². The summed E-state index contributed by atoms with van der Waals surface area (Å²) in [6.07, 6.45) is 2.84. The van der Waals surface area contributed by atoms with Gasteiger partial charge in [0.1, 0.15) is 24.2 Å². The standard InChI is InChI=1S/C33H45N3O5/c1-6-8-12-22(4)28-20-29(37)35-27(19-24-15-17-26(18-16-24)25-13-10-9-11-14-25)32(39)34-23(5)31(38)36-30(21(3)7-2)33(40)41-28/h9-11,13-18,21-23,27-28,30H,6-8,12,19-20H2,1-5H3,(H,34,39)(H,35,37)(H,36,38)/t21-,22-,23-,27-,28+,30+/m0/s1. The van der Waals surface area contributed by atoms with Crippen molar-refractivity contribution in [2.45, 2.75) is 97.4 Å². The predicted octanol–water partition coefficient (Wildman–Crippen LogP) is 4.56. The highest BCUT2D eigenvalue weighted by Gasteiger charge is 2.35. The SMILES string of the molecule is CCCC[C@H](C)[C@H]1CC(=O)N[C@@H](Cc2ccc(-c3ccccc3)cc2)C(=O)N[C@@H](C)C(=O)N[C@H]([C@@H](C)CC)C(=O)O1. The van der Waals surface area contributed by atoms with Crippen LogP contribution in [0.1, 0.15) is 72.3 Å². The molecule has 1 fully saturated rings. The summed E-state index contributed by atoms with van der Waals surface area (Å²) in [5.41, 5.74) is 2.99. The van der Waals surface area contributed by atoms with E-state index in [2.05, 4.69) is 22.9 Å². The lowest BCUT2D eigenvalue weighted by atomic mass is 9.94. The summed E-state index contributed by atoms with van der Waals surface area (Å²) in [5.74, 6) is -2.13. The maximum absolute atomic E-state index is 13.4. The van der Waals surface area contributed by atoms with Crippen molar-refractivity contribution in [3.05, 3.63) is 60.2 Å². The fourth-order valence-electron chi connectivity index (χ4n) is 4.97. The molecule has 0 spiro atoms. The zero-order valence-corrected chi connectivity index (χ0v) is 24.9. The Morgan fingerprint density at radius 2 is 1.49 bits per heavy atom. The molecule has 1 aliphatic heterocycles. The molecular weight excluding hydrogens is 518 g/mol. The lowest BCUT2D eigenvalue weighted by molar-refractivity contribution is -0.158. The molecule has 41 heavy (non-hydrogen) atoms. The van der Waals surface area contributed by atoms with Gasteiger partial charge < -0.3 is 20.7 Å². The first kappa shape index (κ1) is 31.8. The van der Waals surface area contributed by atoms with Gasteiger partial charge in [-0.1, -0.05) is 102 Å². The Bertz CT molecular complexity index is 1170. The Kier molecular flexibility index (Phi) is 11.9. The Morgan fingerprint density at radius 1 is 0.829 bits per heavy atom. The van der Waals surface area contributed by atoms with Gasteiger partial charge in [0.15, 0.2) is 0 Å². The number of benzene rings is 2. The maximum Gasteiger partial charge on any atom is 0.329 e. The van der Waals surface area contributed by atoms with E-state index in [1.807, 2.05) is 75.4 Å². The van der Waals surface area contributed by atoms with Crippen molar-refractivity contribution in [3.63, 3.8) is 0 Å². The van der Waals surface area contributed by atoms with Crippen LogP contribution in [0.2, 0.25) is 0 Å². The molecule has 0 aliphatic carbocycles. The number of unbranched alkanes of at least 4 members (excludes halogenated alkanes) is 1. The minimum atomic E-state index is -0.915. The van der Waals surface area contributed by atoms with E-state index in [9.17, 15) is 19.2 Å². The van der Waals surface area contributed by atoms with Gasteiger partial charge in [0, 0.05) is 6.42 Å². The molecule has 0 unspecified atom stereocenters. The molecule has 1 heterocycles. The monoisotopic (exact) mass is 563 g/mol. The molecule has 222 valence electrons. The van der Waals surface area contributed by atoms with E-state index in [4.69, 9.17) is 4.74 Å². The lowest BCUT2D eigenvalue weighted by Gasteiger charge is -2.29. The third-order valence-corrected chi connectivity index (χ3v) is 7.97. The van der Waals surface area contributed by atoms with Gasteiger partial charge in [0.2, 0.25) is 17.7 Å². The average Bonchev–Trinajstić information content (AvgIpc) is 2.97. The van der Waals surface area contributed by atoms with Crippen LogP contribution in [0.3, 0.4) is 0 Å². The second kappa shape index (κ2) is 15.4. The smallest absolute Gasteiger partial charge is 0.329 e. The summed E-state index contributed by atoms with van der Waals surface area (Å²) in [7, 11) is 0. The van der Waals surface area contributed by atoms with Crippen molar-refractivity contribution < 1.29 is 23.9 Å². The predicted molar refractivity (Wildman–Crippen MR) is 160 cm³/mol. The summed E-state index contributed by atoms with van der Waals surface area (Å²) in [6, 6.07) is 15.1. The van der Waals surface area contributed by atoms with Crippen LogP contribution in [-0.4, -0.2) is 47.9 Å². The second-order valence-corrected chi connectivity index (χ2v) is 11.3. The van der Waals surface area contributed by atoms with Crippen LogP contribution in [-0.2, 0) is 30.3 Å². The minimum Gasteiger partial charge on any atom is -0.460 e. The molecule has 0 saturated carbocycles. The minimum absolute atomic E-state index is 0.0654. The molecule has 3 N–H and O–H groups in total. The number of carbonyl (C=O) groups excluding carboxylic acids is 4. The first-order chi connectivity index (χ1) is 19.6. The van der Waals surface area contributed by atoms with Crippen LogP contribution in [0.15, 0.2) is 54.6 Å². The molecular formula is C33H45N3O5. The number of ether oxygens (including phenoxy) is 1. The summed E-state index contributed by atoms with van der Waals surface area (Å²) >= 11 is 0. The van der Waals surface area contributed by atoms with Gasteiger partial charge in [-0.2, -0.15) is 0 Å². The van der Waals surface area contributed by atoms with Crippen LogP contribution in [0.5, 0.6) is 0 Å². The van der Waals surface area contributed by atoms with Crippen LogP contribution in [0.25, 0.3) is 11.1 Å². The van der Waals surface area contributed by atoms with Gasteiger partial charge in [0.05, 0.1) is 6.42 Å². The quantitative estimate of drug-likeness (QED) is 0.387. The molecule has 3 rings (SSSR count). The fraction of sp³-hybridized carbons (Fsp3) is 0.515. The molecule has 8 nitrogen and oxygen atoms in total. The third-order valence-electron chi connectivity index (χ3n) is 7.97. The Balaban J connectivity index is 1.87. The van der Waals surface area contributed by atoms with Gasteiger partial charge in [-0.25, -0.2) is 4.79 Å². The molecule has 3 amide bonds. The van der Waals surface area contributed by atoms with Gasteiger partial charge >= 0.3 is 5.97 Å². The molecule has 8 heteroatoms. The van der Waals surface area contributed by atoms with E-state index >= 15 is 0 Å². The molecule has 2 aromatic rings. The molecule has 2 aromatic carbocycles. The van der Waals surface area contributed by atoms with E-state index in [1.54, 1.807) is 6.92 Å². The summed E-state index contributed by atoms with van der Waals surface area (Å²) in [6.45, 7) is 9.42. The molecule has 0 aromatic heterocycles. The van der Waals surface area contributed by atoms with Crippen molar-refractivity contribution in [2.75, 3.05) is 0 Å². The van der Waals surface area contributed by atoms with E-state index in [1.165, 1.54) is 0 Å². The number of amides is 3. The Morgan fingerprint density at radius 3 is 2.12 bits per heavy atom. The van der Waals surface area contributed by atoms with Gasteiger partial charge in [-0.05, 0) is 41.9 Å². The highest BCUT2D eigenvalue weighted by molar-refractivity contribution is 5.94. The van der Waals surface area contributed by atoms with Crippen LogP contribution in [0.4, 0.5) is 0 Å². The Hall–Kier alpha value is -3.68. The Labute approximate surface area is 244 Å². The zero-order valence-electron chi connectivity index (χ0n) is 24.9. The van der Waals surface area contributed by atoms with Crippen molar-refractivity contribution in [2.24, 2.45) is 11.8 Å². The fourth-order valence-corrected chi connectivity index (χ4v) is 4.97. The highest BCUT2D eigenvalue weighted by atomic mass is 16.5. The van der Waals surface area contributed by atoms with Crippen molar-refractivity contribution in [3.8, 4) is 11.1 Å². The number of cyclic esters (lactones) is 1. The molecule has 1 aliphatic rings. The number of hydrogen-bond donors (Lipinski definition) is 3. The first-order valence-corrected chi connectivity index (χ1v) is 14.9. The van der Waals surface area contributed by atoms with Crippen LogP contribution >= 0.6 is 0 Å². The van der Waals surface area contributed by atoms with Crippen molar-refractivity contribution in [1.29, 1.82) is 0 Å². The zero-order chi connectivity index (χ0) is 29.9. The lowest BCUT2D eigenvalue weighted by Crippen LogP contribution is -2.55. The molecule has 0 bridgehead atoms. The number of hydrogen-bond acceptors (Lipinski definition) is 5. The van der Waals surface area contributed by atoms with E-state index in [0.717, 1.165) is 36.0 Å². The maximum atomic E-state index is 13.4. The summed E-state index contributed by atoms with van der Waals surface area (Å²) in [5, 5.41) is 8.39. The number of carbonyl (C=O) groups is 4. The van der Waals surface area contributed by atoms with Gasteiger partial charge in [-0.15, -0.1) is 0 Å². The average molecular weight is 564 g/mol. The molecule has 1 saturated heterocycles. The normalized spacial score (nSPS) is 23.9. The highest BCUT2D eigenvalue weighted by Crippen LogP contribution is 2.22. The largest absolute Gasteiger partial charge is 0.460 e. The van der Waals surface area contributed by atoms with Crippen LogP contribution in [0, 0.1) is 11.8 Å². The second-order valence-electron chi connectivity index (χ2n) is 11.3. The topological polar surface area (TPSA) is 114 Å². The summed E-state index contributed by atoms with van der Waals surface area (Å²) < 4.78 is 5.93. The molecule has 0 radical (unpaired) electrons. The van der Waals surface area contributed by atoms with Gasteiger partial charge in [0.25, 0.3) is 0 Å². The number of esters is 1. The van der Waals surface area contributed by atoms with E-state index in [-0.39, 0.29) is 30.6 Å². The van der Waals surface area contributed by atoms with Crippen molar-refractivity contribution in [1.82, 2.24) is 16.0 Å². The summed E-state index contributed by atoms with van der Waals surface area (Å²) in [4.78, 5) is 53.1. The number of nitrogens with one attached hydrogen (secondary N) is 3.